The zero-order valence-corrected chi connectivity index (χ0v) is 11.7. The van der Waals surface area contributed by atoms with Crippen LogP contribution < -0.4 is 10.1 Å². The third-order valence-corrected chi connectivity index (χ3v) is 3.68. The van der Waals surface area contributed by atoms with Gasteiger partial charge < -0.3 is 20.3 Å². The predicted octanol–water partition coefficient (Wildman–Crippen LogP) is 1.67. The highest BCUT2D eigenvalue weighted by atomic mass is 16.5. The molecule has 0 aliphatic heterocycles. The van der Waals surface area contributed by atoms with Crippen molar-refractivity contribution in [1.82, 2.24) is 5.32 Å². The molecule has 0 spiro atoms. The summed E-state index contributed by atoms with van der Waals surface area (Å²) in [5, 5.41) is 21.3. The Morgan fingerprint density at radius 2 is 1.90 bits per heavy atom. The van der Waals surface area contributed by atoms with E-state index in [2.05, 4.69) is 5.32 Å². The van der Waals surface area contributed by atoms with Gasteiger partial charge in [-0.2, -0.15) is 0 Å². The molecule has 21 heavy (non-hydrogen) atoms. The SMILES string of the molecule is O=C(O)CC1(NC(=O)COc2ccccc2O)CCCC1. The molecular formula is C15H19NO5. The summed E-state index contributed by atoms with van der Waals surface area (Å²) >= 11 is 0. The van der Waals surface area contributed by atoms with Crippen LogP contribution in [0.25, 0.3) is 0 Å². The summed E-state index contributed by atoms with van der Waals surface area (Å²) in [7, 11) is 0. The number of hydrogen-bond acceptors (Lipinski definition) is 4. The highest BCUT2D eigenvalue weighted by Crippen LogP contribution is 2.32. The second-order valence-electron chi connectivity index (χ2n) is 5.36. The van der Waals surface area contributed by atoms with Crippen molar-refractivity contribution in [1.29, 1.82) is 0 Å². The third-order valence-electron chi connectivity index (χ3n) is 3.68. The van der Waals surface area contributed by atoms with Crippen LogP contribution in [-0.4, -0.2) is 34.2 Å². The smallest absolute Gasteiger partial charge is 0.305 e. The lowest BCUT2D eigenvalue weighted by molar-refractivity contribution is -0.139. The number of ether oxygens (including phenoxy) is 1. The number of nitrogens with one attached hydrogen (secondary N) is 1. The van der Waals surface area contributed by atoms with Crippen molar-refractivity contribution in [2.75, 3.05) is 6.61 Å². The normalized spacial score (nSPS) is 16.4. The van der Waals surface area contributed by atoms with Gasteiger partial charge in [0.2, 0.25) is 0 Å². The van der Waals surface area contributed by atoms with Gasteiger partial charge in [-0.1, -0.05) is 25.0 Å². The van der Waals surface area contributed by atoms with Gasteiger partial charge >= 0.3 is 5.97 Å². The maximum atomic E-state index is 12.0. The van der Waals surface area contributed by atoms with Crippen molar-refractivity contribution in [3.05, 3.63) is 24.3 Å². The number of aromatic hydroxyl groups is 1. The molecular weight excluding hydrogens is 274 g/mol. The van der Waals surface area contributed by atoms with Crippen LogP contribution in [0.4, 0.5) is 0 Å². The van der Waals surface area contributed by atoms with Gasteiger partial charge in [-0.25, -0.2) is 0 Å². The maximum Gasteiger partial charge on any atom is 0.305 e. The predicted molar refractivity (Wildman–Crippen MR) is 75.2 cm³/mol. The standard InChI is InChI=1S/C15H19NO5/c17-11-5-1-2-6-12(11)21-10-13(18)16-15(9-14(19)20)7-3-4-8-15/h1-2,5-6,17H,3-4,7-10H2,(H,16,18)(H,19,20). The van der Waals surface area contributed by atoms with Gasteiger partial charge in [0.1, 0.15) is 0 Å². The lowest BCUT2D eigenvalue weighted by atomic mass is 9.93. The molecule has 1 saturated carbocycles. The molecule has 3 N–H and O–H groups in total. The number of phenolic OH excluding ortho intramolecular Hbond substituents is 1. The molecule has 1 aromatic rings. The van der Waals surface area contributed by atoms with Crippen LogP contribution in [-0.2, 0) is 9.59 Å². The van der Waals surface area contributed by atoms with E-state index < -0.39 is 11.5 Å². The van der Waals surface area contributed by atoms with E-state index >= 15 is 0 Å². The number of carboxylic acids is 1. The molecule has 2 rings (SSSR count). The van der Waals surface area contributed by atoms with Crippen LogP contribution in [0.3, 0.4) is 0 Å². The van der Waals surface area contributed by atoms with Gasteiger partial charge in [0.25, 0.3) is 5.91 Å². The average Bonchev–Trinajstić information content (AvgIpc) is 2.85. The summed E-state index contributed by atoms with van der Waals surface area (Å²) in [6.07, 6.45) is 3.08. The number of rotatable bonds is 6. The first-order valence-corrected chi connectivity index (χ1v) is 6.94. The molecule has 114 valence electrons. The number of carbonyl (C=O) groups is 2. The van der Waals surface area contributed by atoms with Crippen molar-refractivity contribution < 1.29 is 24.5 Å². The fraction of sp³-hybridized carbons (Fsp3) is 0.467. The van der Waals surface area contributed by atoms with Crippen LogP contribution in [0.15, 0.2) is 24.3 Å². The number of carbonyl (C=O) groups excluding carboxylic acids is 1. The van der Waals surface area contributed by atoms with E-state index in [0.29, 0.717) is 12.8 Å². The molecule has 1 amide bonds. The van der Waals surface area contributed by atoms with Crippen molar-refractivity contribution in [3.8, 4) is 11.5 Å². The van der Waals surface area contributed by atoms with E-state index in [9.17, 15) is 14.7 Å². The second-order valence-corrected chi connectivity index (χ2v) is 5.36. The Labute approximate surface area is 122 Å². The molecule has 1 aliphatic rings. The summed E-state index contributed by atoms with van der Waals surface area (Å²) in [6, 6.07) is 6.37. The van der Waals surface area contributed by atoms with Gasteiger partial charge in [-0.15, -0.1) is 0 Å². The monoisotopic (exact) mass is 293 g/mol. The summed E-state index contributed by atoms with van der Waals surface area (Å²) in [5.41, 5.74) is -0.662. The Balaban J connectivity index is 1.91. The Morgan fingerprint density at radius 3 is 2.52 bits per heavy atom. The molecule has 1 aliphatic carbocycles. The van der Waals surface area contributed by atoms with Crippen molar-refractivity contribution in [3.63, 3.8) is 0 Å². The van der Waals surface area contributed by atoms with E-state index in [0.717, 1.165) is 12.8 Å². The Morgan fingerprint density at radius 1 is 1.24 bits per heavy atom. The Hall–Kier alpha value is -2.24. The number of aliphatic carboxylic acids is 1. The van der Waals surface area contributed by atoms with Crippen LogP contribution in [0, 0.1) is 0 Å². The lowest BCUT2D eigenvalue weighted by Gasteiger charge is -2.28. The molecule has 0 saturated heterocycles. The van der Waals surface area contributed by atoms with E-state index in [4.69, 9.17) is 9.84 Å². The van der Waals surface area contributed by atoms with Crippen LogP contribution in [0.2, 0.25) is 0 Å². The van der Waals surface area contributed by atoms with Crippen molar-refractivity contribution >= 4 is 11.9 Å². The number of para-hydroxylation sites is 2. The quantitative estimate of drug-likeness (QED) is 0.741. The van der Waals surface area contributed by atoms with Crippen molar-refractivity contribution in [2.45, 2.75) is 37.6 Å². The number of carboxylic acid groups (broad SMARTS) is 1. The zero-order chi connectivity index (χ0) is 15.3. The molecule has 1 aromatic carbocycles. The average molecular weight is 293 g/mol. The van der Waals surface area contributed by atoms with Gasteiger partial charge in [0.15, 0.2) is 18.1 Å². The minimum absolute atomic E-state index is 0.0357. The summed E-state index contributed by atoms with van der Waals surface area (Å²) in [5.74, 6) is -1.10. The van der Waals surface area contributed by atoms with Crippen LogP contribution >= 0.6 is 0 Å². The third kappa shape index (κ3) is 4.11. The minimum atomic E-state index is -0.918. The number of phenols is 1. The highest BCUT2D eigenvalue weighted by Gasteiger charge is 2.37. The summed E-state index contributed by atoms with van der Waals surface area (Å²) < 4.78 is 5.25. The fourth-order valence-electron chi connectivity index (χ4n) is 2.74. The molecule has 0 unspecified atom stereocenters. The molecule has 1 fully saturated rings. The minimum Gasteiger partial charge on any atom is -0.504 e. The van der Waals surface area contributed by atoms with Gasteiger partial charge in [-0.05, 0) is 25.0 Å². The molecule has 6 nitrogen and oxygen atoms in total. The van der Waals surface area contributed by atoms with Gasteiger partial charge in [0.05, 0.1) is 12.0 Å². The Kier molecular flexibility index (Phi) is 4.67. The molecule has 0 atom stereocenters. The first-order valence-electron chi connectivity index (χ1n) is 6.94. The molecule has 6 heteroatoms. The maximum absolute atomic E-state index is 12.0. The molecule has 0 aromatic heterocycles. The van der Waals surface area contributed by atoms with E-state index in [-0.39, 0.29) is 30.4 Å². The van der Waals surface area contributed by atoms with Crippen LogP contribution in [0.5, 0.6) is 11.5 Å². The summed E-state index contributed by atoms with van der Waals surface area (Å²) in [4.78, 5) is 22.9. The molecule has 0 radical (unpaired) electrons. The first kappa shape index (κ1) is 15.2. The molecule has 0 heterocycles. The number of hydrogen-bond donors (Lipinski definition) is 3. The van der Waals surface area contributed by atoms with E-state index in [1.54, 1.807) is 18.2 Å². The second kappa shape index (κ2) is 6.47. The van der Waals surface area contributed by atoms with Crippen LogP contribution in [0.1, 0.15) is 32.1 Å². The Bertz CT molecular complexity index is 523. The van der Waals surface area contributed by atoms with Gasteiger partial charge in [-0.3, -0.25) is 9.59 Å². The number of amides is 1. The largest absolute Gasteiger partial charge is 0.504 e. The highest BCUT2D eigenvalue weighted by molar-refractivity contribution is 5.79. The first-order chi connectivity index (χ1) is 10.0. The number of benzene rings is 1. The lowest BCUT2D eigenvalue weighted by Crippen LogP contribution is -2.49. The van der Waals surface area contributed by atoms with Crippen molar-refractivity contribution in [2.24, 2.45) is 0 Å². The zero-order valence-electron chi connectivity index (χ0n) is 11.7. The fourth-order valence-corrected chi connectivity index (χ4v) is 2.74. The summed E-state index contributed by atoms with van der Waals surface area (Å²) in [6.45, 7) is -0.251. The van der Waals surface area contributed by atoms with Gasteiger partial charge in [0, 0.05) is 0 Å². The van der Waals surface area contributed by atoms with E-state index in [1.165, 1.54) is 6.07 Å². The topological polar surface area (TPSA) is 95.9 Å². The molecule has 0 bridgehead atoms. The van der Waals surface area contributed by atoms with E-state index in [1.807, 2.05) is 0 Å².